The van der Waals surface area contributed by atoms with Gasteiger partial charge in [-0.15, -0.1) is 0 Å². The van der Waals surface area contributed by atoms with Gasteiger partial charge in [-0.3, -0.25) is 14.5 Å². The summed E-state index contributed by atoms with van der Waals surface area (Å²) in [5.41, 5.74) is 0. The van der Waals surface area contributed by atoms with E-state index in [1.165, 1.54) is 0 Å². The van der Waals surface area contributed by atoms with Crippen LogP contribution in [0.5, 0.6) is 0 Å². The summed E-state index contributed by atoms with van der Waals surface area (Å²) >= 11 is 0. The summed E-state index contributed by atoms with van der Waals surface area (Å²) in [7, 11) is 1.97. The summed E-state index contributed by atoms with van der Waals surface area (Å²) in [5.74, 6) is -0.716. The Hall–Kier alpha value is -1.14. The predicted octanol–water partition coefficient (Wildman–Crippen LogP) is -1.07. The molecule has 6 heteroatoms. The van der Waals surface area contributed by atoms with Crippen LogP contribution in [0.15, 0.2) is 0 Å². The summed E-state index contributed by atoms with van der Waals surface area (Å²) in [4.78, 5) is 27.6. The fraction of sp³-hybridized carbons (Fsp3) is 0.818. The molecule has 6 nitrogen and oxygen atoms in total. The molecule has 0 aromatic rings. The normalized spacial score (nSPS) is 32.1. The van der Waals surface area contributed by atoms with Crippen molar-refractivity contribution in [3.8, 4) is 0 Å². The van der Waals surface area contributed by atoms with Crippen molar-refractivity contribution in [3.05, 3.63) is 0 Å². The molecule has 2 heterocycles. The maximum Gasteiger partial charge on any atom is 0.224 e. The highest BCUT2D eigenvalue weighted by molar-refractivity contribution is 5.81. The standard InChI is InChI=1S/C11H20N4O2/c1-3-15-7-5-10(17)13-11(15)8-14(2)6-4-9(16)12-11/h3-8H2,1-2H3,(H,12,16)(H,13,17). The van der Waals surface area contributed by atoms with E-state index >= 15 is 0 Å². The molecule has 17 heavy (non-hydrogen) atoms. The first-order chi connectivity index (χ1) is 8.05. The van der Waals surface area contributed by atoms with Crippen molar-refractivity contribution in [1.82, 2.24) is 20.4 Å². The Morgan fingerprint density at radius 3 is 2.35 bits per heavy atom. The van der Waals surface area contributed by atoms with Gasteiger partial charge in [-0.2, -0.15) is 0 Å². The van der Waals surface area contributed by atoms with Gasteiger partial charge in [0.05, 0.1) is 6.54 Å². The molecular formula is C11H20N4O2. The number of hydrogen-bond donors (Lipinski definition) is 2. The number of nitrogens with zero attached hydrogens (tertiary/aromatic N) is 2. The second-order valence-electron chi connectivity index (χ2n) is 4.77. The molecular weight excluding hydrogens is 220 g/mol. The van der Waals surface area contributed by atoms with Crippen LogP contribution >= 0.6 is 0 Å². The fourth-order valence-corrected chi connectivity index (χ4v) is 2.57. The molecule has 96 valence electrons. The largest absolute Gasteiger partial charge is 0.320 e. The van der Waals surface area contributed by atoms with Gasteiger partial charge in [-0.25, -0.2) is 0 Å². The second kappa shape index (κ2) is 4.62. The van der Waals surface area contributed by atoms with E-state index in [1.54, 1.807) is 0 Å². The summed E-state index contributed by atoms with van der Waals surface area (Å²) in [5, 5.41) is 5.92. The third-order valence-corrected chi connectivity index (χ3v) is 3.44. The average Bonchev–Trinajstić information content (AvgIpc) is 2.38. The van der Waals surface area contributed by atoms with Crippen LogP contribution in [0.25, 0.3) is 0 Å². The van der Waals surface area contributed by atoms with Gasteiger partial charge in [0.1, 0.15) is 0 Å². The highest BCUT2D eigenvalue weighted by Crippen LogP contribution is 2.18. The Bertz CT molecular complexity index is 333. The number of carbonyl (C=O) groups excluding carboxylic acids is 2. The number of likely N-dealkylation sites (N-methyl/N-ethyl adjacent to an activating group) is 2. The minimum absolute atomic E-state index is 0.00463. The third kappa shape index (κ3) is 2.42. The Morgan fingerprint density at radius 1 is 1.18 bits per heavy atom. The summed E-state index contributed by atoms with van der Waals surface area (Å²) in [6.07, 6.45) is 0.973. The van der Waals surface area contributed by atoms with Crippen LogP contribution in [0.1, 0.15) is 19.8 Å². The van der Waals surface area contributed by atoms with Crippen LogP contribution in [-0.2, 0) is 9.59 Å². The van der Waals surface area contributed by atoms with Gasteiger partial charge in [0.2, 0.25) is 11.8 Å². The van der Waals surface area contributed by atoms with Crippen LogP contribution < -0.4 is 10.6 Å². The van der Waals surface area contributed by atoms with Gasteiger partial charge in [-0.05, 0) is 13.6 Å². The topological polar surface area (TPSA) is 64.7 Å². The molecule has 0 bridgehead atoms. The van der Waals surface area contributed by atoms with Crippen molar-refractivity contribution < 1.29 is 9.59 Å². The van der Waals surface area contributed by atoms with Crippen LogP contribution in [-0.4, -0.2) is 60.6 Å². The monoisotopic (exact) mass is 240 g/mol. The van der Waals surface area contributed by atoms with Crippen LogP contribution in [0.2, 0.25) is 0 Å². The smallest absolute Gasteiger partial charge is 0.224 e. The van der Waals surface area contributed by atoms with Gasteiger partial charge in [0, 0.05) is 25.9 Å². The molecule has 0 aromatic heterocycles. The minimum Gasteiger partial charge on any atom is -0.320 e. The molecule has 0 saturated carbocycles. The molecule has 1 spiro atoms. The van der Waals surface area contributed by atoms with E-state index in [4.69, 9.17) is 0 Å². The Balaban J connectivity index is 2.27. The molecule has 1 atom stereocenters. The minimum atomic E-state index is -0.716. The lowest BCUT2D eigenvalue weighted by Crippen LogP contribution is -2.75. The van der Waals surface area contributed by atoms with E-state index in [-0.39, 0.29) is 11.8 Å². The van der Waals surface area contributed by atoms with Crippen molar-refractivity contribution in [2.75, 3.05) is 33.2 Å². The van der Waals surface area contributed by atoms with E-state index < -0.39 is 5.79 Å². The molecule has 2 aliphatic heterocycles. The summed E-state index contributed by atoms with van der Waals surface area (Å²) in [6.45, 7) is 4.88. The first-order valence-corrected chi connectivity index (χ1v) is 6.11. The predicted molar refractivity (Wildman–Crippen MR) is 63.0 cm³/mol. The average molecular weight is 240 g/mol. The van der Waals surface area contributed by atoms with Gasteiger partial charge in [0.15, 0.2) is 5.79 Å². The highest BCUT2D eigenvalue weighted by Gasteiger charge is 2.44. The van der Waals surface area contributed by atoms with Gasteiger partial charge < -0.3 is 15.5 Å². The van der Waals surface area contributed by atoms with Crippen LogP contribution in [0, 0.1) is 0 Å². The number of hydrogen-bond acceptors (Lipinski definition) is 4. The molecule has 1 unspecified atom stereocenters. The Labute approximate surface area is 101 Å². The SMILES string of the molecule is CCN1CCC(=O)NC12CN(C)CCC(=O)N2. The zero-order chi connectivity index (χ0) is 12.5. The summed E-state index contributed by atoms with van der Waals surface area (Å²) < 4.78 is 0. The lowest BCUT2D eigenvalue weighted by molar-refractivity contribution is -0.138. The zero-order valence-corrected chi connectivity index (χ0v) is 10.5. The quantitative estimate of drug-likeness (QED) is 0.613. The Kier molecular flexibility index (Phi) is 3.35. The van der Waals surface area contributed by atoms with Gasteiger partial charge in [0.25, 0.3) is 0 Å². The molecule has 2 amide bonds. The number of nitrogens with one attached hydrogen (secondary N) is 2. The van der Waals surface area contributed by atoms with Crippen molar-refractivity contribution >= 4 is 11.8 Å². The van der Waals surface area contributed by atoms with Crippen molar-refractivity contribution in [1.29, 1.82) is 0 Å². The number of rotatable bonds is 1. The van der Waals surface area contributed by atoms with E-state index in [1.807, 2.05) is 14.0 Å². The van der Waals surface area contributed by atoms with Crippen molar-refractivity contribution in [2.45, 2.75) is 25.6 Å². The third-order valence-electron chi connectivity index (χ3n) is 3.44. The lowest BCUT2D eigenvalue weighted by atomic mass is 10.1. The molecule has 2 fully saturated rings. The molecule has 0 radical (unpaired) electrons. The molecule has 0 aliphatic carbocycles. The lowest BCUT2D eigenvalue weighted by Gasteiger charge is -2.47. The van der Waals surface area contributed by atoms with Crippen LogP contribution in [0.3, 0.4) is 0 Å². The molecule has 0 aromatic carbocycles. The van der Waals surface area contributed by atoms with E-state index in [0.717, 1.165) is 13.1 Å². The van der Waals surface area contributed by atoms with Gasteiger partial charge in [-0.1, -0.05) is 6.92 Å². The maximum atomic E-state index is 11.8. The van der Waals surface area contributed by atoms with E-state index in [2.05, 4.69) is 20.4 Å². The molecule has 2 rings (SSSR count). The second-order valence-corrected chi connectivity index (χ2v) is 4.77. The van der Waals surface area contributed by atoms with E-state index in [9.17, 15) is 9.59 Å². The first-order valence-electron chi connectivity index (χ1n) is 6.11. The maximum absolute atomic E-state index is 11.8. The highest BCUT2D eigenvalue weighted by atomic mass is 16.2. The summed E-state index contributed by atoms with van der Waals surface area (Å²) in [6, 6.07) is 0. The van der Waals surface area contributed by atoms with Gasteiger partial charge >= 0.3 is 0 Å². The fourth-order valence-electron chi connectivity index (χ4n) is 2.57. The number of amides is 2. The van der Waals surface area contributed by atoms with Crippen molar-refractivity contribution in [2.24, 2.45) is 0 Å². The zero-order valence-electron chi connectivity index (χ0n) is 10.5. The van der Waals surface area contributed by atoms with E-state index in [0.29, 0.717) is 25.9 Å². The van der Waals surface area contributed by atoms with Crippen molar-refractivity contribution in [3.63, 3.8) is 0 Å². The number of carbonyl (C=O) groups is 2. The molecule has 2 N–H and O–H groups in total. The Morgan fingerprint density at radius 2 is 1.76 bits per heavy atom. The first kappa shape index (κ1) is 12.3. The van der Waals surface area contributed by atoms with Crippen LogP contribution in [0.4, 0.5) is 0 Å². The molecule has 2 saturated heterocycles. The molecule has 2 aliphatic rings.